The second kappa shape index (κ2) is 4.11. The summed E-state index contributed by atoms with van der Waals surface area (Å²) in [4.78, 5) is 7.23. The Kier molecular flexibility index (Phi) is 3.57. The first-order valence-corrected chi connectivity index (χ1v) is 2.20. The van der Waals surface area contributed by atoms with Gasteiger partial charge in [0.05, 0.1) is 0 Å². The quantitative estimate of drug-likeness (QED) is 0.279. The first-order chi connectivity index (χ1) is 3.77. The number of rotatable bonds is 2. The molecule has 0 atom stereocenters. The molecule has 0 radical (unpaired) electrons. The van der Waals surface area contributed by atoms with E-state index < -0.39 is 0 Å². The third kappa shape index (κ3) is 4.94. The van der Waals surface area contributed by atoms with Gasteiger partial charge in [-0.1, -0.05) is 6.58 Å². The number of nitrogens with two attached hydrogens (primary N) is 1. The summed E-state index contributed by atoms with van der Waals surface area (Å²) in [7, 11) is 1.69. The van der Waals surface area contributed by atoms with Gasteiger partial charge < -0.3 is 5.73 Å². The molecule has 0 aromatic rings. The molecule has 0 aliphatic carbocycles. The van der Waals surface area contributed by atoms with Gasteiger partial charge in [-0.2, -0.15) is 0 Å². The summed E-state index contributed by atoms with van der Waals surface area (Å²) >= 11 is 0. The Hall–Kier alpha value is -1.06. The maximum absolute atomic E-state index is 5.16. The summed E-state index contributed by atoms with van der Waals surface area (Å²) in [5.74, 6) is 0. The van der Waals surface area contributed by atoms with Crippen LogP contribution < -0.4 is 5.73 Å². The lowest BCUT2D eigenvalue weighted by Gasteiger charge is -1.79. The Morgan fingerprint density at radius 1 is 1.75 bits per heavy atom. The second-order valence-corrected chi connectivity index (χ2v) is 1.22. The summed E-state index contributed by atoms with van der Waals surface area (Å²) in [5, 5.41) is 0. The highest BCUT2D eigenvalue weighted by molar-refractivity contribution is 6.59. The number of hydrogen-bond donors (Lipinski definition) is 1. The van der Waals surface area contributed by atoms with E-state index in [1.165, 1.54) is 12.5 Å². The van der Waals surface area contributed by atoms with E-state index in [2.05, 4.69) is 16.6 Å². The Morgan fingerprint density at radius 3 is 2.75 bits per heavy atom. The van der Waals surface area contributed by atoms with Crippen molar-refractivity contribution in [3.8, 4) is 0 Å². The van der Waals surface area contributed by atoms with Crippen LogP contribution in [0.1, 0.15) is 0 Å². The Labute approximate surface area is 49.4 Å². The number of amidine groups is 1. The van der Waals surface area contributed by atoms with Gasteiger partial charge in [-0.3, -0.25) is 0 Å². The van der Waals surface area contributed by atoms with Crippen LogP contribution in [0.15, 0.2) is 22.8 Å². The van der Waals surface area contributed by atoms with E-state index in [9.17, 15) is 0 Å². The fourth-order valence-corrected chi connectivity index (χ4v) is 0.172. The van der Waals surface area contributed by atoms with Crippen molar-refractivity contribution in [3.63, 3.8) is 0 Å². The standard InChI is InChI=1S/C4H8BN3/c1-2-7-3-8-4(5)6/h2-3H,1,5H2,(H2,6,7,8). The van der Waals surface area contributed by atoms with Crippen LogP contribution in [0, 0.1) is 0 Å². The normalized spacial score (nSPS) is 12.2. The highest BCUT2D eigenvalue weighted by Crippen LogP contribution is 1.64. The van der Waals surface area contributed by atoms with Crippen LogP contribution in [-0.4, -0.2) is 19.9 Å². The van der Waals surface area contributed by atoms with Gasteiger partial charge in [-0.15, -0.1) is 0 Å². The second-order valence-electron chi connectivity index (χ2n) is 1.22. The van der Waals surface area contributed by atoms with Crippen molar-refractivity contribution < 1.29 is 0 Å². The van der Waals surface area contributed by atoms with Crippen LogP contribution in [0.25, 0.3) is 0 Å². The first kappa shape index (κ1) is 6.94. The Bertz CT molecular complexity index is 123. The van der Waals surface area contributed by atoms with Gasteiger partial charge in [-0.25, -0.2) is 9.98 Å². The minimum atomic E-state index is 0.496. The molecule has 0 amide bonds. The fraction of sp³-hybridized carbons (Fsp3) is 0. The molecule has 2 N–H and O–H groups in total. The van der Waals surface area contributed by atoms with E-state index in [4.69, 9.17) is 5.73 Å². The summed E-state index contributed by atoms with van der Waals surface area (Å²) in [6, 6.07) is 0. The topological polar surface area (TPSA) is 50.7 Å². The maximum Gasteiger partial charge on any atom is 0.185 e. The van der Waals surface area contributed by atoms with Gasteiger partial charge in [-0.05, 0) is 0 Å². The molecule has 42 valence electrons. The molecule has 4 heteroatoms. The molecule has 0 saturated carbocycles. The van der Waals surface area contributed by atoms with E-state index in [1.54, 1.807) is 7.85 Å². The molecular formula is C4H8BN3. The van der Waals surface area contributed by atoms with Crippen LogP contribution in [0.5, 0.6) is 0 Å². The summed E-state index contributed by atoms with van der Waals surface area (Å²) < 4.78 is 0. The van der Waals surface area contributed by atoms with Crippen molar-refractivity contribution in [2.24, 2.45) is 15.7 Å². The van der Waals surface area contributed by atoms with Crippen LogP contribution >= 0.6 is 0 Å². The van der Waals surface area contributed by atoms with Crippen molar-refractivity contribution in [1.82, 2.24) is 0 Å². The largest absolute Gasteiger partial charge is 0.396 e. The van der Waals surface area contributed by atoms with Crippen molar-refractivity contribution >= 4 is 19.9 Å². The van der Waals surface area contributed by atoms with Gasteiger partial charge >= 0.3 is 0 Å². The van der Waals surface area contributed by atoms with Crippen molar-refractivity contribution in [3.05, 3.63) is 12.8 Å². The van der Waals surface area contributed by atoms with Gasteiger partial charge in [0.2, 0.25) is 0 Å². The third-order valence-corrected chi connectivity index (χ3v) is 0.433. The predicted molar refractivity (Wildman–Crippen MR) is 38.9 cm³/mol. The molecule has 0 unspecified atom stereocenters. The van der Waals surface area contributed by atoms with Crippen LogP contribution in [0.3, 0.4) is 0 Å². The number of hydrogen-bond acceptors (Lipinski definition) is 1. The van der Waals surface area contributed by atoms with Crippen molar-refractivity contribution in [1.29, 1.82) is 0 Å². The molecule has 0 aromatic heterocycles. The molecule has 0 aliphatic heterocycles. The molecule has 0 saturated heterocycles. The minimum absolute atomic E-state index is 0.496. The summed E-state index contributed by atoms with van der Waals surface area (Å²) in [5.41, 5.74) is 5.65. The third-order valence-electron chi connectivity index (χ3n) is 0.433. The molecule has 0 heterocycles. The molecule has 0 rings (SSSR count). The minimum Gasteiger partial charge on any atom is -0.396 e. The van der Waals surface area contributed by atoms with Crippen LogP contribution in [0.2, 0.25) is 0 Å². The predicted octanol–water partition coefficient (Wildman–Crippen LogP) is -0.894. The SMILES string of the molecule is B/C(N)=N/C=N\C=C. The van der Waals surface area contributed by atoms with Gasteiger partial charge in [0.25, 0.3) is 0 Å². The molecule has 8 heavy (non-hydrogen) atoms. The number of nitrogens with zero attached hydrogens (tertiary/aromatic N) is 2. The van der Waals surface area contributed by atoms with Crippen molar-refractivity contribution in [2.75, 3.05) is 0 Å². The Balaban J connectivity index is 3.57. The zero-order valence-electron chi connectivity index (χ0n) is 4.83. The molecule has 0 fully saturated rings. The summed E-state index contributed by atoms with van der Waals surface area (Å²) in [6.45, 7) is 3.35. The average molecular weight is 109 g/mol. The number of aliphatic imine (C=N–C) groups is 2. The summed E-state index contributed by atoms with van der Waals surface area (Å²) in [6.07, 6.45) is 2.74. The average Bonchev–Trinajstić information content (AvgIpc) is 1.66. The van der Waals surface area contributed by atoms with E-state index in [0.29, 0.717) is 5.73 Å². The molecule has 3 nitrogen and oxygen atoms in total. The fourth-order valence-electron chi connectivity index (χ4n) is 0.172. The highest BCUT2D eigenvalue weighted by atomic mass is 14.9. The van der Waals surface area contributed by atoms with Crippen molar-refractivity contribution in [2.45, 2.75) is 0 Å². The van der Waals surface area contributed by atoms with Gasteiger partial charge in [0.1, 0.15) is 6.34 Å². The molecule has 0 aliphatic rings. The zero-order valence-corrected chi connectivity index (χ0v) is 4.83. The van der Waals surface area contributed by atoms with Gasteiger partial charge in [0, 0.05) is 11.9 Å². The monoisotopic (exact) mass is 109 g/mol. The van der Waals surface area contributed by atoms with Crippen LogP contribution in [0.4, 0.5) is 0 Å². The lowest BCUT2D eigenvalue weighted by Crippen LogP contribution is -2.10. The lowest BCUT2D eigenvalue weighted by atomic mass is 10.1. The van der Waals surface area contributed by atoms with E-state index >= 15 is 0 Å². The Morgan fingerprint density at radius 2 is 2.38 bits per heavy atom. The molecule has 0 aromatic carbocycles. The van der Waals surface area contributed by atoms with E-state index in [0.717, 1.165) is 0 Å². The van der Waals surface area contributed by atoms with E-state index in [1.807, 2.05) is 0 Å². The highest BCUT2D eigenvalue weighted by Gasteiger charge is 1.68. The molecule has 0 spiro atoms. The molecule has 0 bridgehead atoms. The van der Waals surface area contributed by atoms with Gasteiger partial charge in [0.15, 0.2) is 7.85 Å². The first-order valence-electron chi connectivity index (χ1n) is 2.20. The maximum atomic E-state index is 5.16. The smallest absolute Gasteiger partial charge is 0.185 e. The van der Waals surface area contributed by atoms with Crippen LogP contribution in [-0.2, 0) is 0 Å². The zero-order chi connectivity index (χ0) is 6.41. The molecular weight excluding hydrogens is 101 g/mol. The lowest BCUT2D eigenvalue weighted by molar-refractivity contribution is 1.56. The van der Waals surface area contributed by atoms with E-state index in [-0.39, 0.29) is 0 Å².